The van der Waals surface area contributed by atoms with Crippen LogP contribution in [0, 0.1) is 10.1 Å². The first-order valence-corrected chi connectivity index (χ1v) is 6.55. The van der Waals surface area contributed by atoms with Gasteiger partial charge in [-0.3, -0.25) is 10.1 Å². The van der Waals surface area contributed by atoms with Crippen LogP contribution in [-0.2, 0) is 0 Å². The summed E-state index contributed by atoms with van der Waals surface area (Å²) in [5.41, 5.74) is 5.57. The molecule has 2 aromatic rings. The molecule has 2 heterocycles. The average Bonchev–Trinajstić information content (AvgIpc) is 2.90. The van der Waals surface area contributed by atoms with Crippen LogP contribution in [0.5, 0.6) is 0 Å². The normalized spacial score (nSPS) is 12.1. The molecular formula is C12H14N4O2S. The zero-order valence-electron chi connectivity index (χ0n) is 10.6. The molecule has 0 saturated carbocycles. The third-order valence-electron chi connectivity index (χ3n) is 2.92. The Morgan fingerprint density at radius 1 is 1.53 bits per heavy atom. The number of nitrogens with two attached hydrogens (primary N) is 1. The van der Waals surface area contributed by atoms with Crippen molar-refractivity contribution in [2.75, 3.05) is 17.7 Å². The summed E-state index contributed by atoms with van der Waals surface area (Å²) in [5, 5.41) is 12.8. The van der Waals surface area contributed by atoms with Crippen molar-refractivity contribution in [3.63, 3.8) is 0 Å². The molecule has 1 atom stereocenters. The minimum atomic E-state index is -0.467. The molecule has 6 nitrogen and oxygen atoms in total. The number of hydrogen-bond acceptors (Lipinski definition) is 6. The largest absolute Gasteiger partial charge is 0.383 e. The molecule has 2 rings (SSSR count). The molecule has 100 valence electrons. The van der Waals surface area contributed by atoms with Crippen LogP contribution in [0.1, 0.15) is 17.8 Å². The molecule has 2 aromatic heterocycles. The highest BCUT2D eigenvalue weighted by Crippen LogP contribution is 2.29. The molecule has 0 aliphatic carbocycles. The number of nitrogens with zero attached hydrogens (tertiary/aromatic N) is 3. The lowest BCUT2D eigenvalue weighted by Crippen LogP contribution is -2.22. The van der Waals surface area contributed by atoms with E-state index in [4.69, 9.17) is 5.73 Å². The highest BCUT2D eigenvalue weighted by molar-refractivity contribution is 7.10. The third-order valence-corrected chi connectivity index (χ3v) is 3.97. The Bertz CT molecular complexity index is 585. The van der Waals surface area contributed by atoms with Gasteiger partial charge in [0.1, 0.15) is 11.6 Å². The third kappa shape index (κ3) is 2.82. The lowest BCUT2D eigenvalue weighted by atomic mass is 10.2. The molecule has 0 fully saturated rings. The van der Waals surface area contributed by atoms with Crippen LogP contribution in [0.2, 0.25) is 0 Å². The number of thiophene rings is 1. The number of hydrogen-bond donors (Lipinski definition) is 1. The molecule has 2 N–H and O–H groups in total. The number of aromatic nitrogens is 1. The van der Waals surface area contributed by atoms with Gasteiger partial charge in [-0.15, -0.1) is 11.3 Å². The van der Waals surface area contributed by atoms with E-state index in [1.807, 2.05) is 36.4 Å². The molecule has 0 amide bonds. The van der Waals surface area contributed by atoms with Gasteiger partial charge in [0.2, 0.25) is 0 Å². The fourth-order valence-corrected chi connectivity index (χ4v) is 2.55. The monoisotopic (exact) mass is 278 g/mol. The number of pyridine rings is 1. The minimum absolute atomic E-state index is 0.0484. The Hall–Kier alpha value is -2.15. The highest BCUT2D eigenvalue weighted by Gasteiger charge is 2.18. The van der Waals surface area contributed by atoms with Crippen LogP contribution in [-0.4, -0.2) is 17.0 Å². The molecule has 0 aliphatic rings. The first kappa shape index (κ1) is 13.3. The number of rotatable bonds is 4. The van der Waals surface area contributed by atoms with E-state index in [2.05, 4.69) is 4.98 Å². The summed E-state index contributed by atoms with van der Waals surface area (Å²) in [4.78, 5) is 17.5. The zero-order valence-corrected chi connectivity index (χ0v) is 11.4. The SMILES string of the molecule is CC(c1cccs1)N(C)c1cc([N+](=O)[O-])cc(N)n1. The van der Waals surface area contributed by atoms with Crippen molar-refractivity contribution in [2.45, 2.75) is 13.0 Å². The van der Waals surface area contributed by atoms with Gasteiger partial charge in [-0.1, -0.05) is 6.07 Å². The van der Waals surface area contributed by atoms with Gasteiger partial charge < -0.3 is 10.6 Å². The second kappa shape index (κ2) is 5.23. The van der Waals surface area contributed by atoms with Crippen molar-refractivity contribution in [3.05, 3.63) is 44.6 Å². The Balaban J connectivity index is 2.33. The molecule has 0 aromatic carbocycles. The summed E-state index contributed by atoms with van der Waals surface area (Å²) >= 11 is 1.63. The maximum atomic E-state index is 10.8. The maximum Gasteiger partial charge on any atom is 0.276 e. The van der Waals surface area contributed by atoms with E-state index in [1.54, 1.807) is 11.3 Å². The first-order valence-electron chi connectivity index (χ1n) is 5.67. The average molecular weight is 278 g/mol. The summed E-state index contributed by atoms with van der Waals surface area (Å²) in [6.45, 7) is 2.02. The molecule has 0 bridgehead atoms. The number of anilines is 2. The van der Waals surface area contributed by atoms with Crippen LogP contribution in [0.3, 0.4) is 0 Å². The molecule has 1 unspecified atom stereocenters. The predicted molar refractivity (Wildman–Crippen MR) is 76.4 cm³/mol. The van der Waals surface area contributed by atoms with E-state index in [0.717, 1.165) is 4.88 Å². The van der Waals surface area contributed by atoms with Crippen molar-refractivity contribution in [3.8, 4) is 0 Å². The van der Waals surface area contributed by atoms with Gasteiger partial charge in [0.25, 0.3) is 5.69 Å². The van der Waals surface area contributed by atoms with Crippen molar-refractivity contribution in [1.29, 1.82) is 0 Å². The van der Waals surface area contributed by atoms with E-state index in [-0.39, 0.29) is 17.5 Å². The van der Waals surface area contributed by atoms with Crippen molar-refractivity contribution in [2.24, 2.45) is 0 Å². The van der Waals surface area contributed by atoms with Crippen LogP contribution in [0.4, 0.5) is 17.3 Å². The van der Waals surface area contributed by atoms with Gasteiger partial charge in [0.15, 0.2) is 0 Å². The highest BCUT2D eigenvalue weighted by atomic mass is 32.1. The smallest absolute Gasteiger partial charge is 0.276 e. The van der Waals surface area contributed by atoms with E-state index < -0.39 is 4.92 Å². The van der Waals surface area contributed by atoms with E-state index in [9.17, 15) is 10.1 Å². The molecule has 7 heteroatoms. The van der Waals surface area contributed by atoms with Gasteiger partial charge in [0.05, 0.1) is 23.1 Å². The quantitative estimate of drug-likeness (QED) is 0.686. The number of nitro groups is 1. The lowest BCUT2D eigenvalue weighted by molar-refractivity contribution is -0.384. The van der Waals surface area contributed by atoms with E-state index in [0.29, 0.717) is 5.82 Å². The van der Waals surface area contributed by atoms with E-state index in [1.165, 1.54) is 12.1 Å². The van der Waals surface area contributed by atoms with Crippen LogP contribution < -0.4 is 10.6 Å². The van der Waals surface area contributed by atoms with Crippen LogP contribution in [0.15, 0.2) is 29.6 Å². The van der Waals surface area contributed by atoms with Gasteiger partial charge in [0, 0.05) is 11.9 Å². The molecule has 0 spiro atoms. The summed E-state index contributed by atoms with van der Waals surface area (Å²) < 4.78 is 0. The predicted octanol–water partition coefficient (Wildman–Crippen LogP) is 2.83. The number of nitrogen functional groups attached to an aromatic ring is 1. The second-order valence-electron chi connectivity index (χ2n) is 4.17. The van der Waals surface area contributed by atoms with Gasteiger partial charge in [-0.25, -0.2) is 4.98 Å². The fourth-order valence-electron chi connectivity index (χ4n) is 1.73. The summed E-state index contributed by atoms with van der Waals surface area (Å²) in [7, 11) is 1.84. The van der Waals surface area contributed by atoms with Gasteiger partial charge in [-0.05, 0) is 18.4 Å². The van der Waals surface area contributed by atoms with Crippen LogP contribution in [0.25, 0.3) is 0 Å². The Labute approximate surface area is 114 Å². The van der Waals surface area contributed by atoms with Crippen LogP contribution >= 0.6 is 11.3 Å². The van der Waals surface area contributed by atoms with E-state index >= 15 is 0 Å². The summed E-state index contributed by atoms with van der Waals surface area (Å²) in [5.74, 6) is 0.641. The van der Waals surface area contributed by atoms with Crippen molar-refractivity contribution >= 4 is 28.7 Å². The lowest BCUT2D eigenvalue weighted by Gasteiger charge is -2.25. The Morgan fingerprint density at radius 3 is 2.84 bits per heavy atom. The second-order valence-corrected chi connectivity index (χ2v) is 5.15. The van der Waals surface area contributed by atoms with Crippen molar-refractivity contribution in [1.82, 2.24) is 4.98 Å². The molecule has 0 aliphatic heterocycles. The fraction of sp³-hybridized carbons (Fsp3) is 0.250. The summed E-state index contributed by atoms with van der Waals surface area (Å²) in [6, 6.07) is 6.76. The minimum Gasteiger partial charge on any atom is -0.383 e. The Kier molecular flexibility index (Phi) is 3.66. The van der Waals surface area contributed by atoms with Gasteiger partial charge >= 0.3 is 0 Å². The zero-order chi connectivity index (χ0) is 14.0. The topological polar surface area (TPSA) is 85.3 Å². The molecule has 19 heavy (non-hydrogen) atoms. The maximum absolute atomic E-state index is 10.8. The first-order chi connectivity index (χ1) is 8.99. The Morgan fingerprint density at radius 2 is 2.26 bits per heavy atom. The standard InChI is InChI=1S/C12H14N4O2S/c1-8(10-4-3-5-19-10)15(2)12-7-9(16(17)18)6-11(13)14-12/h3-8H,1-2H3,(H2,13,14). The molecule has 0 saturated heterocycles. The molecular weight excluding hydrogens is 264 g/mol. The summed E-state index contributed by atoms with van der Waals surface area (Å²) in [6.07, 6.45) is 0. The van der Waals surface area contributed by atoms with Gasteiger partial charge in [-0.2, -0.15) is 0 Å². The molecule has 0 radical (unpaired) electrons. The van der Waals surface area contributed by atoms with Crippen molar-refractivity contribution < 1.29 is 4.92 Å².